The molecule has 0 heterocycles. The molecule has 29 heavy (non-hydrogen) atoms. The molecule has 0 aliphatic carbocycles. The van der Waals surface area contributed by atoms with E-state index in [-0.39, 0.29) is 0 Å². The van der Waals surface area contributed by atoms with Crippen LogP contribution in [0.15, 0.2) is 53.7 Å². The van der Waals surface area contributed by atoms with Gasteiger partial charge in [0.1, 0.15) is 7.11 Å². The van der Waals surface area contributed by atoms with Crippen LogP contribution in [0.5, 0.6) is 0 Å². The lowest BCUT2D eigenvalue weighted by Crippen LogP contribution is -2.54. The van der Waals surface area contributed by atoms with Crippen LogP contribution in [0.25, 0.3) is 11.1 Å². The molecule has 3 N–H and O–H groups in total. The van der Waals surface area contributed by atoms with Crippen LogP contribution in [0.3, 0.4) is 0 Å². The highest BCUT2D eigenvalue weighted by molar-refractivity contribution is 6.08. The summed E-state index contributed by atoms with van der Waals surface area (Å²) in [4.78, 5) is 42.0. The van der Waals surface area contributed by atoms with Crippen LogP contribution in [0.1, 0.15) is 15.9 Å². The highest BCUT2D eigenvalue weighted by atomic mass is 16.6. The van der Waals surface area contributed by atoms with Crippen molar-refractivity contribution in [1.29, 1.82) is 0 Å². The van der Waals surface area contributed by atoms with E-state index in [1.165, 1.54) is 26.7 Å². The van der Waals surface area contributed by atoms with Crippen LogP contribution in [0, 0.1) is 0 Å². The quantitative estimate of drug-likeness (QED) is 0.278. The highest BCUT2D eigenvalue weighted by Crippen LogP contribution is 2.21. The molecule has 0 saturated carbocycles. The Hall–Kier alpha value is -3.72. The van der Waals surface area contributed by atoms with E-state index in [9.17, 15) is 14.4 Å². The van der Waals surface area contributed by atoms with Crippen LogP contribution >= 0.6 is 0 Å². The zero-order chi connectivity index (χ0) is 21.4. The number of likely N-dealkylation sites (N-methyl/N-ethyl adjacent to an activating group) is 2. The number of hydrogen-bond donors (Lipinski definition) is 3. The standard InChI is InChI=1S/C20H22N4O5/c1-21-18(25)17(19(26)23-28)24(2)20(27)16-10-8-15(9-11-16)14-6-4-13(5-7-14)12-22-29-3/h4-12,17,28H,1-3H3,(H,21,25)(H,23,26). The number of nitrogens with one attached hydrogen (secondary N) is 2. The van der Waals surface area contributed by atoms with Crippen LogP contribution in [0.2, 0.25) is 0 Å². The smallest absolute Gasteiger partial charge is 0.275 e. The van der Waals surface area contributed by atoms with Gasteiger partial charge in [0, 0.05) is 19.7 Å². The van der Waals surface area contributed by atoms with Gasteiger partial charge in [-0.15, -0.1) is 0 Å². The van der Waals surface area contributed by atoms with Crippen LogP contribution in [-0.4, -0.2) is 61.3 Å². The maximum absolute atomic E-state index is 12.7. The van der Waals surface area contributed by atoms with Crippen LogP contribution in [-0.2, 0) is 14.4 Å². The topological polar surface area (TPSA) is 120 Å². The number of oxime groups is 1. The van der Waals surface area contributed by atoms with E-state index < -0.39 is 23.8 Å². The summed E-state index contributed by atoms with van der Waals surface area (Å²) in [5, 5.41) is 14.8. The lowest BCUT2D eigenvalue weighted by molar-refractivity contribution is -0.140. The van der Waals surface area contributed by atoms with E-state index in [4.69, 9.17) is 5.21 Å². The van der Waals surface area contributed by atoms with Gasteiger partial charge in [-0.1, -0.05) is 41.6 Å². The molecular formula is C20H22N4O5. The molecule has 1 unspecified atom stereocenters. The molecule has 152 valence electrons. The van der Waals surface area contributed by atoms with E-state index >= 15 is 0 Å². The number of hydroxylamine groups is 1. The van der Waals surface area contributed by atoms with Gasteiger partial charge >= 0.3 is 0 Å². The van der Waals surface area contributed by atoms with E-state index in [1.807, 2.05) is 24.3 Å². The first-order valence-corrected chi connectivity index (χ1v) is 8.62. The van der Waals surface area contributed by atoms with Crippen molar-refractivity contribution in [2.45, 2.75) is 6.04 Å². The Bertz CT molecular complexity index is 878. The van der Waals surface area contributed by atoms with Crippen molar-refractivity contribution in [3.63, 3.8) is 0 Å². The Balaban J connectivity index is 2.20. The normalized spacial score (nSPS) is 11.6. The number of rotatable bonds is 7. The zero-order valence-electron chi connectivity index (χ0n) is 16.2. The summed E-state index contributed by atoms with van der Waals surface area (Å²) < 4.78 is 0. The van der Waals surface area contributed by atoms with E-state index in [0.29, 0.717) is 5.56 Å². The summed E-state index contributed by atoms with van der Waals surface area (Å²) in [7, 11) is 4.11. The van der Waals surface area contributed by atoms with E-state index in [0.717, 1.165) is 21.6 Å². The second kappa shape index (κ2) is 10.00. The number of nitrogens with zero attached hydrogens (tertiary/aromatic N) is 2. The van der Waals surface area contributed by atoms with Gasteiger partial charge in [0.2, 0.25) is 0 Å². The molecule has 1 atom stereocenters. The van der Waals surface area contributed by atoms with Gasteiger partial charge in [0.15, 0.2) is 6.04 Å². The first kappa shape index (κ1) is 21.6. The van der Waals surface area contributed by atoms with Crippen molar-refractivity contribution in [2.75, 3.05) is 21.2 Å². The lowest BCUT2D eigenvalue weighted by atomic mass is 10.0. The molecule has 0 aliphatic rings. The van der Waals surface area contributed by atoms with E-state index in [2.05, 4.69) is 15.3 Å². The fourth-order valence-corrected chi connectivity index (χ4v) is 2.67. The lowest BCUT2D eigenvalue weighted by Gasteiger charge is -2.25. The minimum Gasteiger partial charge on any atom is -0.399 e. The maximum Gasteiger partial charge on any atom is 0.275 e. The van der Waals surface area contributed by atoms with Gasteiger partial charge in [-0.3, -0.25) is 19.6 Å². The number of carbonyl (C=O) groups excluding carboxylic acids is 3. The Kier molecular flexibility index (Phi) is 7.44. The first-order valence-electron chi connectivity index (χ1n) is 8.62. The van der Waals surface area contributed by atoms with Crippen LogP contribution < -0.4 is 10.8 Å². The summed E-state index contributed by atoms with van der Waals surface area (Å²) in [6, 6.07) is 12.8. The minimum absolute atomic E-state index is 0.291. The summed E-state index contributed by atoms with van der Waals surface area (Å²) in [5.74, 6) is -2.27. The predicted octanol–water partition coefficient (Wildman–Crippen LogP) is 1.03. The molecule has 0 aliphatic heterocycles. The summed E-state index contributed by atoms with van der Waals surface area (Å²) >= 11 is 0. The van der Waals surface area contributed by atoms with Crippen molar-refractivity contribution in [1.82, 2.24) is 15.7 Å². The Morgan fingerprint density at radius 3 is 2.07 bits per heavy atom. The number of benzene rings is 2. The first-order chi connectivity index (χ1) is 13.9. The predicted molar refractivity (Wildman–Crippen MR) is 106 cm³/mol. The monoisotopic (exact) mass is 398 g/mol. The molecule has 9 nitrogen and oxygen atoms in total. The fourth-order valence-electron chi connectivity index (χ4n) is 2.67. The van der Waals surface area contributed by atoms with Crippen molar-refractivity contribution in [3.8, 4) is 11.1 Å². The molecule has 0 spiro atoms. The van der Waals surface area contributed by atoms with Gasteiger partial charge in [-0.25, -0.2) is 5.48 Å². The Labute approximate surface area is 167 Å². The molecule has 0 saturated heterocycles. The second-order valence-electron chi connectivity index (χ2n) is 6.03. The van der Waals surface area contributed by atoms with Gasteiger partial charge in [-0.2, -0.15) is 0 Å². The molecule has 0 aromatic heterocycles. The molecule has 2 aromatic rings. The van der Waals surface area contributed by atoms with Gasteiger partial charge in [0.05, 0.1) is 6.21 Å². The van der Waals surface area contributed by atoms with Gasteiger partial charge < -0.3 is 15.1 Å². The molecule has 0 radical (unpaired) electrons. The van der Waals surface area contributed by atoms with Gasteiger partial charge in [0.25, 0.3) is 17.7 Å². The fraction of sp³-hybridized carbons (Fsp3) is 0.200. The molecule has 2 aromatic carbocycles. The van der Waals surface area contributed by atoms with Crippen molar-refractivity contribution in [3.05, 3.63) is 59.7 Å². The van der Waals surface area contributed by atoms with Crippen molar-refractivity contribution in [2.24, 2.45) is 5.16 Å². The molecule has 2 rings (SSSR count). The third-order valence-corrected chi connectivity index (χ3v) is 4.24. The number of amides is 3. The average Bonchev–Trinajstić information content (AvgIpc) is 2.77. The molecule has 3 amide bonds. The summed E-state index contributed by atoms with van der Waals surface area (Å²) in [6.07, 6.45) is 1.59. The third-order valence-electron chi connectivity index (χ3n) is 4.24. The largest absolute Gasteiger partial charge is 0.399 e. The van der Waals surface area contributed by atoms with Crippen LogP contribution in [0.4, 0.5) is 0 Å². The zero-order valence-corrected chi connectivity index (χ0v) is 16.2. The SMILES string of the molecule is CNC(=O)C(C(=O)NO)N(C)C(=O)c1ccc(-c2ccc(C=NOC)cc2)cc1. The molecule has 0 fully saturated rings. The molecular weight excluding hydrogens is 376 g/mol. The van der Waals surface area contributed by atoms with E-state index in [1.54, 1.807) is 30.5 Å². The van der Waals surface area contributed by atoms with Gasteiger partial charge in [-0.05, 0) is 28.8 Å². The minimum atomic E-state index is -1.50. The summed E-state index contributed by atoms with van der Waals surface area (Å²) in [6.45, 7) is 0. The van der Waals surface area contributed by atoms with Crippen molar-refractivity contribution >= 4 is 23.9 Å². The molecule has 9 heteroatoms. The highest BCUT2D eigenvalue weighted by Gasteiger charge is 2.33. The molecule has 0 bridgehead atoms. The van der Waals surface area contributed by atoms with Crippen molar-refractivity contribution < 1.29 is 24.4 Å². The number of carbonyl (C=O) groups is 3. The summed E-state index contributed by atoms with van der Waals surface area (Å²) in [5.41, 5.74) is 4.40. The third kappa shape index (κ3) is 5.17. The average molecular weight is 398 g/mol. The maximum atomic E-state index is 12.7. The Morgan fingerprint density at radius 2 is 1.59 bits per heavy atom. The Morgan fingerprint density at radius 1 is 1.03 bits per heavy atom. The second-order valence-corrected chi connectivity index (χ2v) is 6.03. The number of hydrogen-bond acceptors (Lipinski definition) is 6.